The number of piperidine rings is 1. The maximum Gasteiger partial charge on any atom is 0.254 e. The molecule has 1 atom stereocenters. The van der Waals surface area contributed by atoms with Crippen LogP contribution < -0.4 is 10.6 Å². The maximum atomic E-state index is 12.2. The van der Waals surface area contributed by atoms with Crippen LogP contribution >= 0.6 is 24.0 Å². The van der Waals surface area contributed by atoms with Crippen molar-refractivity contribution in [3.8, 4) is 5.69 Å². The van der Waals surface area contributed by atoms with Crippen LogP contribution in [-0.4, -0.2) is 34.8 Å². The zero-order valence-corrected chi connectivity index (χ0v) is 13.5. The topological polar surface area (TPSA) is 59.0 Å². The van der Waals surface area contributed by atoms with Crippen LogP contribution in [0.5, 0.6) is 0 Å². The highest BCUT2D eigenvalue weighted by atomic mass is 35.5. The van der Waals surface area contributed by atoms with Gasteiger partial charge in [-0.15, -0.1) is 12.4 Å². The summed E-state index contributed by atoms with van der Waals surface area (Å²) in [6.07, 6.45) is 5.42. The van der Waals surface area contributed by atoms with Crippen molar-refractivity contribution >= 4 is 29.9 Å². The zero-order chi connectivity index (χ0) is 14.7. The molecule has 0 radical (unpaired) electrons. The summed E-state index contributed by atoms with van der Waals surface area (Å²) in [5.74, 6) is -0.0797. The van der Waals surface area contributed by atoms with E-state index in [1.165, 1.54) is 0 Å². The molecular formula is C15H18Cl2N4O. The van der Waals surface area contributed by atoms with E-state index in [1.807, 2.05) is 12.1 Å². The fourth-order valence-corrected chi connectivity index (χ4v) is 2.54. The molecule has 5 nitrogen and oxygen atoms in total. The molecule has 0 saturated carbocycles. The van der Waals surface area contributed by atoms with Crippen LogP contribution in [0.2, 0.25) is 5.02 Å². The monoisotopic (exact) mass is 340 g/mol. The van der Waals surface area contributed by atoms with Gasteiger partial charge in [0.05, 0.1) is 17.4 Å². The van der Waals surface area contributed by atoms with E-state index in [4.69, 9.17) is 11.6 Å². The minimum absolute atomic E-state index is 0. The van der Waals surface area contributed by atoms with Gasteiger partial charge in [-0.3, -0.25) is 4.79 Å². The number of benzene rings is 1. The highest BCUT2D eigenvalue weighted by Crippen LogP contribution is 2.13. The Hall–Kier alpha value is -1.56. The fourth-order valence-electron chi connectivity index (χ4n) is 2.42. The highest BCUT2D eigenvalue weighted by molar-refractivity contribution is 6.30. The normalized spacial score (nSPS) is 17.6. The minimum atomic E-state index is -0.0797. The lowest BCUT2D eigenvalue weighted by Crippen LogP contribution is -2.45. The van der Waals surface area contributed by atoms with Gasteiger partial charge in [0.25, 0.3) is 5.91 Å². The average Bonchev–Trinajstić information content (AvgIpc) is 2.99. The minimum Gasteiger partial charge on any atom is -0.348 e. The first-order valence-electron chi connectivity index (χ1n) is 7.04. The van der Waals surface area contributed by atoms with Crippen LogP contribution in [0.15, 0.2) is 36.7 Å². The van der Waals surface area contributed by atoms with E-state index in [0.717, 1.165) is 31.6 Å². The van der Waals surface area contributed by atoms with E-state index in [2.05, 4.69) is 15.7 Å². The van der Waals surface area contributed by atoms with Gasteiger partial charge in [0, 0.05) is 23.8 Å². The van der Waals surface area contributed by atoms with Crippen LogP contribution in [0.3, 0.4) is 0 Å². The SMILES string of the molecule is Cl.O=C(N[C@H]1CCCNC1)c1cnn(-c2ccc(Cl)cc2)c1. The molecule has 2 heterocycles. The second-order valence-corrected chi connectivity index (χ2v) is 5.60. The van der Waals surface area contributed by atoms with E-state index in [9.17, 15) is 4.79 Å². The second kappa shape index (κ2) is 7.63. The number of rotatable bonds is 3. The molecule has 1 aromatic heterocycles. The molecule has 2 aromatic rings. The number of nitrogens with one attached hydrogen (secondary N) is 2. The van der Waals surface area contributed by atoms with E-state index in [0.29, 0.717) is 10.6 Å². The molecular weight excluding hydrogens is 323 g/mol. The van der Waals surface area contributed by atoms with Gasteiger partial charge in [-0.05, 0) is 43.7 Å². The molecule has 1 fully saturated rings. The fraction of sp³-hybridized carbons (Fsp3) is 0.333. The molecule has 0 aliphatic carbocycles. The Morgan fingerprint density at radius 3 is 2.82 bits per heavy atom. The molecule has 7 heteroatoms. The molecule has 118 valence electrons. The number of aromatic nitrogens is 2. The van der Waals surface area contributed by atoms with Crippen molar-refractivity contribution < 1.29 is 4.79 Å². The largest absolute Gasteiger partial charge is 0.348 e. The predicted octanol–water partition coefficient (Wildman–Crippen LogP) is 2.43. The smallest absolute Gasteiger partial charge is 0.254 e. The van der Waals surface area contributed by atoms with Crippen molar-refractivity contribution in [2.24, 2.45) is 0 Å². The lowest BCUT2D eigenvalue weighted by atomic mass is 10.1. The van der Waals surface area contributed by atoms with E-state index in [-0.39, 0.29) is 24.4 Å². The van der Waals surface area contributed by atoms with Crippen LogP contribution in [-0.2, 0) is 0 Å². The molecule has 1 amide bonds. The van der Waals surface area contributed by atoms with Gasteiger partial charge in [-0.25, -0.2) is 4.68 Å². The summed E-state index contributed by atoms with van der Waals surface area (Å²) in [4.78, 5) is 12.2. The lowest BCUT2D eigenvalue weighted by molar-refractivity contribution is 0.0930. The summed E-state index contributed by atoms with van der Waals surface area (Å²) in [7, 11) is 0. The quantitative estimate of drug-likeness (QED) is 0.902. The van der Waals surface area contributed by atoms with Crippen molar-refractivity contribution in [3.63, 3.8) is 0 Å². The Morgan fingerprint density at radius 1 is 1.36 bits per heavy atom. The van der Waals surface area contributed by atoms with Crippen molar-refractivity contribution in [1.82, 2.24) is 20.4 Å². The first-order valence-corrected chi connectivity index (χ1v) is 7.42. The maximum absolute atomic E-state index is 12.2. The number of amides is 1. The molecule has 1 aromatic carbocycles. The van der Waals surface area contributed by atoms with E-state index >= 15 is 0 Å². The molecule has 1 aliphatic heterocycles. The second-order valence-electron chi connectivity index (χ2n) is 5.17. The molecule has 0 bridgehead atoms. The van der Waals surface area contributed by atoms with Gasteiger partial charge in [-0.1, -0.05) is 11.6 Å². The number of hydrogen-bond donors (Lipinski definition) is 2. The van der Waals surface area contributed by atoms with Gasteiger partial charge in [0.2, 0.25) is 0 Å². The molecule has 1 aliphatic rings. The molecule has 1 saturated heterocycles. The third kappa shape index (κ3) is 4.00. The molecule has 0 unspecified atom stereocenters. The summed E-state index contributed by atoms with van der Waals surface area (Å²) in [6, 6.07) is 7.52. The number of carbonyl (C=O) groups is 1. The highest BCUT2D eigenvalue weighted by Gasteiger charge is 2.17. The zero-order valence-electron chi connectivity index (χ0n) is 12.0. The summed E-state index contributed by atoms with van der Waals surface area (Å²) in [5, 5.41) is 11.2. The van der Waals surface area contributed by atoms with Crippen LogP contribution in [0.1, 0.15) is 23.2 Å². The van der Waals surface area contributed by atoms with Crippen molar-refractivity contribution in [3.05, 3.63) is 47.2 Å². The summed E-state index contributed by atoms with van der Waals surface area (Å²) in [6.45, 7) is 1.86. The van der Waals surface area contributed by atoms with Gasteiger partial charge in [0.1, 0.15) is 0 Å². The molecule has 3 rings (SSSR count). The van der Waals surface area contributed by atoms with Crippen molar-refractivity contribution in [2.45, 2.75) is 18.9 Å². The standard InChI is InChI=1S/C15H17ClN4O.ClH/c16-12-3-5-14(6-4-12)20-10-11(8-18-20)15(21)19-13-2-1-7-17-9-13;/h3-6,8,10,13,17H,1-2,7,9H2,(H,19,21);1H/t13-;/m0./s1. The number of carbonyl (C=O) groups excluding carboxylic acids is 1. The Balaban J connectivity index is 0.00000176. The first-order chi connectivity index (χ1) is 10.2. The predicted molar refractivity (Wildman–Crippen MR) is 89.2 cm³/mol. The first kappa shape index (κ1) is 16.8. The Labute approximate surface area is 140 Å². The van der Waals surface area contributed by atoms with Crippen LogP contribution in [0, 0.1) is 0 Å². The van der Waals surface area contributed by atoms with Crippen molar-refractivity contribution in [2.75, 3.05) is 13.1 Å². The number of halogens is 2. The van der Waals surface area contributed by atoms with Gasteiger partial charge in [-0.2, -0.15) is 5.10 Å². The Bertz CT molecular complexity index is 621. The van der Waals surface area contributed by atoms with Crippen LogP contribution in [0.4, 0.5) is 0 Å². The third-order valence-electron chi connectivity index (χ3n) is 3.57. The molecule has 0 spiro atoms. The Morgan fingerprint density at radius 2 is 2.14 bits per heavy atom. The summed E-state index contributed by atoms with van der Waals surface area (Å²) in [5.41, 5.74) is 1.44. The van der Waals surface area contributed by atoms with E-state index < -0.39 is 0 Å². The lowest BCUT2D eigenvalue weighted by Gasteiger charge is -2.23. The number of nitrogens with zero attached hydrogens (tertiary/aromatic N) is 2. The van der Waals surface area contributed by atoms with Gasteiger partial charge in [0.15, 0.2) is 0 Å². The summed E-state index contributed by atoms with van der Waals surface area (Å²) < 4.78 is 1.67. The van der Waals surface area contributed by atoms with E-state index in [1.54, 1.807) is 29.2 Å². The van der Waals surface area contributed by atoms with Crippen LogP contribution in [0.25, 0.3) is 5.69 Å². The average molecular weight is 341 g/mol. The summed E-state index contributed by atoms with van der Waals surface area (Å²) >= 11 is 5.86. The number of hydrogen-bond acceptors (Lipinski definition) is 3. The van der Waals surface area contributed by atoms with Gasteiger partial charge < -0.3 is 10.6 Å². The third-order valence-corrected chi connectivity index (χ3v) is 3.82. The molecule has 22 heavy (non-hydrogen) atoms. The van der Waals surface area contributed by atoms with Crippen molar-refractivity contribution in [1.29, 1.82) is 0 Å². The Kier molecular flexibility index (Phi) is 5.83. The molecule has 2 N–H and O–H groups in total. The van der Waals surface area contributed by atoms with Gasteiger partial charge >= 0.3 is 0 Å².